The van der Waals surface area contributed by atoms with Crippen LogP contribution in [-0.2, 0) is 4.74 Å². The Morgan fingerprint density at radius 3 is 2.65 bits per heavy atom. The highest BCUT2D eigenvalue weighted by Crippen LogP contribution is 2.20. The molecule has 2 rings (SSSR count). The van der Waals surface area contributed by atoms with Crippen LogP contribution < -0.4 is 4.90 Å². The Kier molecular flexibility index (Phi) is 5.41. The zero-order chi connectivity index (χ0) is 14.4. The van der Waals surface area contributed by atoms with Crippen molar-refractivity contribution in [3.05, 3.63) is 29.8 Å². The summed E-state index contributed by atoms with van der Waals surface area (Å²) in [5, 5.41) is 0. The number of carbonyl (C=O) groups is 1. The lowest BCUT2D eigenvalue weighted by atomic mass is 10.1. The van der Waals surface area contributed by atoms with Gasteiger partial charge in [-0.1, -0.05) is 18.6 Å². The normalized spacial score (nSPS) is 15.9. The van der Waals surface area contributed by atoms with E-state index < -0.39 is 0 Å². The molecule has 0 N–H and O–H groups in total. The van der Waals surface area contributed by atoms with E-state index in [1.54, 1.807) is 0 Å². The van der Waals surface area contributed by atoms with Crippen molar-refractivity contribution in [1.29, 1.82) is 0 Å². The number of anilines is 1. The number of methoxy groups -OCH3 is 1. The maximum atomic E-state index is 11.8. The molecule has 4 nitrogen and oxygen atoms in total. The van der Waals surface area contributed by atoms with Gasteiger partial charge in [-0.25, -0.2) is 4.79 Å². The first-order valence-corrected chi connectivity index (χ1v) is 7.33. The molecule has 0 spiro atoms. The molecule has 0 bridgehead atoms. The molecule has 0 atom stereocenters. The van der Waals surface area contributed by atoms with Crippen LogP contribution in [0.4, 0.5) is 5.69 Å². The largest absolute Gasteiger partial charge is 0.465 e. The molecule has 1 aliphatic rings. The molecule has 0 aromatic heterocycles. The third-order valence-electron chi connectivity index (χ3n) is 3.92. The van der Waals surface area contributed by atoms with Gasteiger partial charge in [-0.15, -0.1) is 0 Å². The molecule has 1 saturated heterocycles. The van der Waals surface area contributed by atoms with Crippen LogP contribution in [0.1, 0.15) is 29.6 Å². The van der Waals surface area contributed by atoms with Gasteiger partial charge in [0.1, 0.15) is 0 Å². The molecule has 1 fully saturated rings. The summed E-state index contributed by atoms with van der Waals surface area (Å²) in [7, 11) is 3.46. The van der Waals surface area contributed by atoms with Crippen LogP contribution >= 0.6 is 0 Å². The van der Waals surface area contributed by atoms with Crippen molar-refractivity contribution >= 4 is 11.7 Å². The monoisotopic (exact) mass is 276 g/mol. The molecule has 1 aromatic carbocycles. The Bertz CT molecular complexity index is 442. The fourth-order valence-electron chi connectivity index (χ4n) is 2.68. The minimum Gasteiger partial charge on any atom is -0.465 e. The second-order valence-electron chi connectivity index (χ2n) is 5.33. The van der Waals surface area contributed by atoms with Crippen LogP contribution in [0.3, 0.4) is 0 Å². The van der Waals surface area contributed by atoms with E-state index in [9.17, 15) is 4.79 Å². The maximum Gasteiger partial charge on any atom is 0.339 e. The summed E-state index contributed by atoms with van der Waals surface area (Å²) in [5.41, 5.74) is 1.58. The second-order valence-corrected chi connectivity index (χ2v) is 5.33. The Morgan fingerprint density at radius 2 is 1.95 bits per heavy atom. The van der Waals surface area contributed by atoms with E-state index in [1.165, 1.54) is 39.5 Å². The number of carbonyl (C=O) groups excluding carboxylic acids is 1. The number of ether oxygens (including phenoxy) is 1. The smallest absolute Gasteiger partial charge is 0.339 e. The summed E-state index contributed by atoms with van der Waals surface area (Å²) < 4.78 is 4.85. The molecular weight excluding hydrogens is 252 g/mol. The number of hydrogen-bond acceptors (Lipinski definition) is 4. The molecule has 4 heteroatoms. The molecule has 1 heterocycles. The lowest BCUT2D eigenvalue weighted by Crippen LogP contribution is -2.37. The molecule has 0 amide bonds. The van der Waals surface area contributed by atoms with Crippen molar-refractivity contribution in [3.63, 3.8) is 0 Å². The predicted molar refractivity (Wildman–Crippen MR) is 81.3 cm³/mol. The van der Waals surface area contributed by atoms with Crippen molar-refractivity contribution in [2.24, 2.45) is 0 Å². The molecule has 0 saturated carbocycles. The Labute approximate surface area is 121 Å². The number of benzene rings is 1. The second kappa shape index (κ2) is 7.29. The van der Waals surface area contributed by atoms with Crippen LogP contribution in [-0.4, -0.2) is 51.2 Å². The first kappa shape index (κ1) is 14.9. The van der Waals surface area contributed by atoms with Crippen LogP contribution in [0.2, 0.25) is 0 Å². The average Bonchev–Trinajstić information content (AvgIpc) is 2.52. The van der Waals surface area contributed by atoms with Gasteiger partial charge in [0.05, 0.1) is 18.4 Å². The van der Waals surface area contributed by atoms with Crippen molar-refractivity contribution < 1.29 is 9.53 Å². The number of likely N-dealkylation sites (N-methyl/N-ethyl adjacent to an activating group) is 1. The van der Waals surface area contributed by atoms with Gasteiger partial charge in [-0.05, 0) is 38.1 Å². The number of esters is 1. The zero-order valence-electron chi connectivity index (χ0n) is 12.5. The number of hydrogen-bond donors (Lipinski definition) is 0. The van der Waals surface area contributed by atoms with Gasteiger partial charge in [-0.2, -0.15) is 0 Å². The van der Waals surface area contributed by atoms with Gasteiger partial charge in [0.25, 0.3) is 0 Å². The highest BCUT2D eigenvalue weighted by atomic mass is 16.5. The quantitative estimate of drug-likeness (QED) is 0.773. The van der Waals surface area contributed by atoms with E-state index in [0.29, 0.717) is 5.56 Å². The summed E-state index contributed by atoms with van der Waals surface area (Å²) in [6, 6.07) is 7.62. The van der Waals surface area contributed by atoms with Crippen molar-refractivity contribution in [2.75, 3.05) is 45.2 Å². The average molecular weight is 276 g/mol. The lowest BCUT2D eigenvalue weighted by Gasteiger charge is -2.29. The maximum absolute atomic E-state index is 11.8. The SMILES string of the molecule is COC(=O)c1ccccc1N(C)CCN1CCCCC1. The molecular formula is C16H24N2O2. The van der Waals surface area contributed by atoms with Gasteiger partial charge < -0.3 is 14.5 Å². The van der Waals surface area contributed by atoms with Gasteiger partial charge in [0.15, 0.2) is 0 Å². The Morgan fingerprint density at radius 1 is 1.25 bits per heavy atom. The number of likely N-dealkylation sites (tertiary alicyclic amines) is 1. The highest BCUT2D eigenvalue weighted by molar-refractivity contribution is 5.95. The van der Waals surface area contributed by atoms with E-state index in [1.807, 2.05) is 31.3 Å². The Balaban J connectivity index is 1.97. The molecule has 1 aromatic rings. The van der Waals surface area contributed by atoms with Gasteiger partial charge in [0.2, 0.25) is 0 Å². The molecule has 0 aliphatic carbocycles. The highest BCUT2D eigenvalue weighted by Gasteiger charge is 2.15. The van der Waals surface area contributed by atoms with Crippen molar-refractivity contribution in [2.45, 2.75) is 19.3 Å². The van der Waals surface area contributed by atoms with Crippen LogP contribution in [0, 0.1) is 0 Å². The van der Waals surface area contributed by atoms with Crippen molar-refractivity contribution in [1.82, 2.24) is 4.90 Å². The third-order valence-corrected chi connectivity index (χ3v) is 3.92. The van der Waals surface area contributed by atoms with Crippen LogP contribution in [0.5, 0.6) is 0 Å². The van der Waals surface area contributed by atoms with E-state index in [-0.39, 0.29) is 5.97 Å². The fraction of sp³-hybridized carbons (Fsp3) is 0.562. The van der Waals surface area contributed by atoms with Gasteiger partial charge in [-0.3, -0.25) is 0 Å². The van der Waals surface area contributed by atoms with E-state index in [2.05, 4.69) is 9.80 Å². The van der Waals surface area contributed by atoms with E-state index in [0.717, 1.165) is 18.8 Å². The standard InChI is InChI=1S/C16H24N2O2/c1-17(12-13-18-10-6-3-7-11-18)15-9-5-4-8-14(15)16(19)20-2/h4-5,8-9H,3,6-7,10-13H2,1-2H3. The number of para-hydroxylation sites is 1. The lowest BCUT2D eigenvalue weighted by molar-refractivity contribution is 0.0601. The van der Waals surface area contributed by atoms with Crippen molar-refractivity contribution in [3.8, 4) is 0 Å². The molecule has 110 valence electrons. The van der Waals surface area contributed by atoms with Crippen LogP contribution in [0.25, 0.3) is 0 Å². The topological polar surface area (TPSA) is 32.8 Å². The third kappa shape index (κ3) is 3.73. The first-order chi connectivity index (χ1) is 9.72. The summed E-state index contributed by atoms with van der Waals surface area (Å²) in [6.07, 6.45) is 3.97. The van der Waals surface area contributed by atoms with Gasteiger partial charge >= 0.3 is 5.97 Å². The minimum atomic E-state index is -0.273. The summed E-state index contributed by atoms with van der Waals surface area (Å²) in [4.78, 5) is 16.4. The van der Waals surface area contributed by atoms with Crippen LogP contribution in [0.15, 0.2) is 24.3 Å². The van der Waals surface area contributed by atoms with E-state index >= 15 is 0 Å². The molecule has 0 radical (unpaired) electrons. The summed E-state index contributed by atoms with van der Waals surface area (Å²) >= 11 is 0. The number of rotatable bonds is 5. The number of piperidine rings is 1. The zero-order valence-corrected chi connectivity index (χ0v) is 12.5. The Hall–Kier alpha value is -1.55. The minimum absolute atomic E-state index is 0.273. The first-order valence-electron chi connectivity index (χ1n) is 7.33. The fourth-order valence-corrected chi connectivity index (χ4v) is 2.68. The predicted octanol–water partition coefficient (Wildman–Crippen LogP) is 2.40. The summed E-state index contributed by atoms with van der Waals surface area (Å²) in [6.45, 7) is 4.37. The van der Waals surface area contributed by atoms with Gasteiger partial charge in [0, 0.05) is 20.1 Å². The number of nitrogens with zero attached hydrogens (tertiary/aromatic N) is 2. The summed E-state index contributed by atoms with van der Waals surface area (Å²) in [5.74, 6) is -0.273. The molecule has 0 unspecified atom stereocenters. The molecule has 1 aliphatic heterocycles. The van der Waals surface area contributed by atoms with E-state index in [4.69, 9.17) is 4.74 Å². The molecule has 20 heavy (non-hydrogen) atoms.